The van der Waals surface area contributed by atoms with E-state index in [4.69, 9.17) is 5.11 Å². The van der Waals surface area contributed by atoms with Crippen LogP contribution >= 0.6 is 0 Å². The minimum Gasteiger partial charge on any atom is -0.481 e. The SMILES string of the molecule is CCCCCCCCCCCCCC(=O)CCCCC(=O)O. The third-order valence-electron chi connectivity index (χ3n) is 4.16. The van der Waals surface area contributed by atoms with Crippen molar-refractivity contribution < 1.29 is 14.7 Å². The molecule has 0 saturated heterocycles. The summed E-state index contributed by atoms with van der Waals surface area (Å²) in [6, 6.07) is 0. The molecule has 0 rings (SSSR count). The number of aliphatic carboxylic acids is 1. The Morgan fingerprint density at radius 2 is 0.955 bits per heavy atom. The third kappa shape index (κ3) is 17.2. The lowest BCUT2D eigenvalue weighted by atomic mass is 10.0. The van der Waals surface area contributed by atoms with Crippen molar-refractivity contribution in [1.82, 2.24) is 0 Å². The first kappa shape index (κ1) is 21.1. The fourth-order valence-electron chi connectivity index (χ4n) is 2.71. The van der Waals surface area contributed by atoms with Crippen LogP contribution in [0.1, 0.15) is 110 Å². The largest absolute Gasteiger partial charge is 0.481 e. The van der Waals surface area contributed by atoms with Crippen LogP contribution in [0.5, 0.6) is 0 Å². The Balaban J connectivity index is 3.15. The number of Topliss-reactive ketones (excluding diaryl/α,β-unsaturated/α-hetero) is 1. The normalized spacial score (nSPS) is 10.8. The van der Waals surface area contributed by atoms with Crippen LogP contribution in [0.4, 0.5) is 0 Å². The highest BCUT2D eigenvalue weighted by Gasteiger charge is 2.03. The van der Waals surface area contributed by atoms with E-state index in [1.807, 2.05) is 0 Å². The van der Waals surface area contributed by atoms with Gasteiger partial charge in [0.05, 0.1) is 0 Å². The zero-order chi connectivity index (χ0) is 16.5. The minimum absolute atomic E-state index is 0.186. The van der Waals surface area contributed by atoms with Crippen LogP contribution in [0.25, 0.3) is 0 Å². The van der Waals surface area contributed by atoms with E-state index in [1.165, 1.54) is 57.8 Å². The molecule has 0 aliphatic rings. The summed E-state index contributed by atoms with van der Waals surface area (Å²) >= 11 is 0. The highest BCUT2D eigenvalue weighted by atomic mass is 16.4. The number of carboxylic acids is 1. The number of hydrogen-bond donors (Lipinski definition) is 1. The molecule has 0 radical (unpaired) electrons. The van der Waals surface area contributed by atoms with E-state index in [0.29, 0.717) is 25.0 Å². The van der Waals surface area contributed by atoms with Gasteiger partial charge < -0.3 is 5.11 Å². The molecule has 0 atom stereocenters. The maximum atomic E-state index is 11.6. The zero-order valence-electron chi connectivity index (χ0n) is 14.6. The number of carbonyl (C=O) groups excluding carboxylic acids is 1. The van der Waals surface area contributed by atoms with Crippen molar-refractivity contribution in [3.05, 3.63) is 0 Å². The summed E-state index contributed by atoms with van der Waals surface area (Å²) < 4.78 is 0. The predicted molar refractivity (Wildman–Crippen MR) is 92.2 cm³/mol. The molecule has 3 nitrogen and oxygen atoms in total. The number of unbranched alkanes of at least 4 members (excludes halogenated alkanes) is 11. The van der Waals surface area contributed by atoms with Gasteiger partial charge in [0.15, 0.2) is 0 Å². The lowest BCUT2D eigenvalue weighted by Crippen LogP contribution is -1.99. The van der Waals surface area contributed by atoms with E-state index in [0.717, 1.165) is 19.3 Å². The molecule has 0 aromatic carbocycles. The maximum Gasteiger partial charge on any atom is 0.303 e. The van der Waals surface area contributed by atoms with Crippen LogP contribution < -0.4 is 0 Å². The number of hydrogen-bond acceptors (Lipinski definition) is 2. The summed E-state index contributed by atoms with van der Waals surface area (Å²) in [4.78, 5) is 21.9. The molecule has 0 amide bonds. The van der Waals surface area contributed by atoms with Gasteiger partial charge in [0.25, 0.3) is 0 Å². The quantitative estimate of drug-likeness (QED) is 0.340. The number of carboxylic acid groups (broad SMARTS) is 1. The summed E-state index contributed by atoms with van der Waals surface area (Å²) in [6.07, 6.45) is 17.1. The Labute approximate surface area is 136 Å². The van der Waals surface area contributed by atoms with E-state index in [2.05, 4.69) is 6.92 Å². The molecule has 3 heteroatoms. The molecule has 0 fully saturated rings. The molecule has 0 aromatic heterocycles. The first-order valence-corrected chi connectivity index (χ1v) is 9.40. The standard InChI is InChI=1S/C19H36O3/c1-2-3-4-5-6-7-8-9-10-11-12-15-18(20)16-13-14-17-19(21)22/h2-17H2,1H3,(H,21,22). The molecule has 130 valence electrons. The molecule has 0 aliphatic carbocycles. The molecule has 0 saturated carbocycles. The first-order chi connectivity index (χ1) is 10.7. The molecule has 0 unspecified atom stereocenters. The second kappa shape index (κ2) is 16.5. The van der Waals surface area contributed by atoms with Crippen molar-refractivity contribution in [2.75, 3.05) is 0 Å². The van der Waals surface area contributed by atoms with Crippen molar-refractivity contribution in [3.8, 4) is 0 Å². The van der Waals surface area contributed by atoms with Gasteiger partial charge in [0.1, 0.15) is 5.78 Å². The molecule has 0 aliphatic heterocycles. The molecule has 0 spiro atoms. The van der Waals surface area contributed by atoms with Gasteiger partial charge in [-0.25, -0.2) is 0 Å². The van der Waals surface area contributed by atoms with Gasteiger partial charge in [0, 0.05) is 19.3 Å². The Kier molecular flexibility index (Phi) is 15.9. The highest BCUT2D eigenvalue weighted by molar-refractivity contribution is 5.78. The van der Waals surface area contributed by atoms with Crippen LogP contribution in [0, 0.1) is 0 Å². The van der Waals surface area contributed by atoms with Crippen LogP contribution in [-0.2, 0) is 9.59 Å². The van der Waals surface area contributed by atoms with Gasteiger partial charge in [0.2, 0.25) is 0 Å². The summed E-state index contributed by atoms with van der Waals surface area (Å²) in [7, 11) is 0. The second-order valence-corrected chi connectivity index (χ2v) is 6.43. The summed E-state index contributed by atoms with van der Waals surface area (Å²) in [5.74, 6) is -0.459. The van der Waals surface area contributed by atoms with E-state index in [-0.39, 0.29) is 6.42 Å². The zero-order valence-corrected chi connectivity index (χ0v) is 14.6. The van der Waals surface area contributed by atoms with Gasteiger partial charge in [-0.3, -0.25) is 9.59 Å². The van der Waals surface area contributed by atoms with Gasteiger partial charge in [-0.2, -0.15) is 0 Å². The van der Waals surface area contributed by atoms with Crippen molar-refractivity contribution in [3.63, 3.8) is 0 Å². The average molecular weight is 312 g/mol. The van der Waals surface area contributed by atoms with Crippen molar-refractivity contribution in [1.29, 1.82) is 0 Å². The van der Waals surface area contributed by atoms with Gasteiger partial charge in [-0.15, -0.1) is 0 Å². The fraction of sp³-hybridized carbons (Fsp3) is 0.895. The van der Waals surface area contributed by atoms with E-state index >= 15 is 0 Å². The summed E-state index contributed by atoms with van der Waals surface area (Å²) in [5, 5.41) is 8.51. The maximum absolute atomic E-state index is 11.6. The third-order valence-corrected chi connectivity index (χ3v) is 4.16. The Hall–Kier alpha value is -0.860. The molecular weight excluding hydrogens is 276 g/mol. The Bertz CT molecular complexity index is 274. The topological polar surface area (TPSA) is 54.4 Å². The van der Waals surface area contributed by atoms with Crippen molar-refractivity contribution >= 4 is 11.8 Å². The van der Waals surface area contributed by atoms with Crippen LogP contribution in [0.15, 0.2) is 0 Å². The fourth-order valence-corrected chi connectivity index (χ4v) is 2.71. The van der Waals surface area contributed by atoms with E-state index < -0.39 is 5.97 Å². The Morgan fingerprint density at radius 3 is 1.41 bits per heavy atom. The van der Waals surface area contributed by atoms with Crippen molar-refractivity contribution in [2.24, 2.45) is 0 Å². The van der Waals surface area contributed by atoms with Gasteiger partial charge in [-0.1, -0.05) is 71.1 Å². The van der Waals surface area contributed by atoms with Crippen LogP contribution in [-0.4, -0.2) is 16.9 Å². The summed E-state index contributed by atoms with van der Waals surface area (Å²) in [5.41, 5.74) is 0. The lowest BCUT2D eigenvalue weighted by molar-refractivity contribution is -0.137. The Morgan fingerprint density at radius 1 is 0.591 bits per heavy atom. The molecule has 0 bridgehead atoms. The van der Waals surface area contributed by atoms with Crippen LogP contribution in [0.3, 0.4) is 0 Å². The van der Waals surface area contributed by atoms with Gasteiger partial charge >= 0.3 is 5.97 Å². The molecule has 0 aromatic rings. The second-order valence-electron chi connectivity index (χ2n) is 6.43. The smallest absolute Gasteiger partial charge is 0.303 e. The molecule has 0 heterocycles. The average Bonchev–Trinajstić information content (AvgIpc) is 2.49. The highest BCUT2D eigenvalue weighted by Crippen LogP contribution is 2.12. The van der Waals surface area contributed by atoms with Crippen LogP contribution in [0.2, 0.25) is 0 Å². The molecule has 22 heavy (non-hydrogen) atoms. The minimum atomic E-state index is -0.766. The number of rotatable bonds is 17. The summed E-state index contributed by atoms with van der Waals surface area (Å²) in [6.45, 7) is 2.25. The lowest BCUT2D eigenvalue weighted by Gasteiger charge is -2.03. The van der Waals surface area contributed by atoms with E-state index in [1.54, 1.807) is 0 Å². The van der Waals surface area contributed by atoms with Crippen molar-refractivity contribution in [2.45, 2.75) is 110 Å². The predicted octanol–water partition coefficient (Wildman–Crippen LogP) is 5.90. The first-order valence-electron chi connectivity index (χ1n) is 9.40. The monoisotopic (exact) mass is 312 g/mol. The molecule has 1 N–H and O–H groups in total. The van der Waals surface area contributed by atoms with Gasteiger partial charge in [-0.05, 0) is 19.3 Å². The number of carbonyl (C=O) groups is 2. The molecular formula is C19H36O3. The van der Waals surface area contributed by atoms with E-state index in [9.17, 15) is 9.59 Å². The number of ketones is 1.